The zero-order chi connectivity index (χ0) is 16.6. The molecule has 0 radical (unpaired) electrons. The van der Waals surface area contributed by atoms with Gasteiger partial charge in [0.15, 0.2) is 0 Å². The van der Waals surface area contributed by atoms with Crippen LogP contribution >= 0.6 is 23.1 Å². The second-order valence-electron chi connectivity index (χ2n) is 5.34. The van der Waals surface area contributed by atoms with E-state index in [4.69, 9.17) is 0 Å². The fraction of sp³-hybridized carbons (Fsp3) is 0.150. The van der Waals surface area contributed by atoms with Crippen LogP contribution in [0.5, 0.6) is 0 Å². The first-order chi connectivity index (χ1) is 11.8. The zero-order valence-corrected chi connectivity index (χ0v) is 14.9. The molecule has 1 unspecified atom stereocenters. The highest BCUT2D eigenvalue weighted by molar-refractivity contribution is 7.99. The van der Waals surface area contributed by atoms with E-state index < -0.39 is 0 Å². The first kappa shape index (κ1) is 16.8. The molecule has 0 fully saturated rings. The Morgan fingerprint density at radius 2 is 1.67 bits per heavy atom. The van der Waals surface area contributed by atoms with Crippen molar-refractivity contribution in [1.29, 1.82) is 0 Å². The normalized spacial score (nSPS) is 11.8. The lowest BCUT2D eigenvalue weighted by Gasteiger charge is -2.18. The molecule has 1 N–H and O–H groups in total. The molecule has 3 aromatic rings. The van der Waals surface area contributed by atoms with Crippen LogP contribution in [0, 0.1) is 0 Å². The van der Waals surface area contributed by atoms with Crippen molar-refractivity contribution >= 4 is 29.0 Å². The van der Waals surface area contributed by atoms with Crippen LogP contribution in [-0.4, -0.2) is 11.7 Å². The van der Waals surface area contributed by atoms with Gasteiger partial charge in [-0.1, -0.05) is 54.6 Å². The number of hydrogen-bond acceptors (Lipinski definition) is 3. The van der Waals surface area contributed by atoms with Crippen LogP contribution < -0.4 is 5.32 Å². The van der Waals surface area contributed by atoms with Crippen molar-refractivity contribution in [1.82, 2.24) is 5.32 Å². The summed E-state index contributed by atoms with van der Waals surface area (Å²) < 4.78 is 0. The lowest BCUT2D eigenvalue weighted by Crippen LogP contribution is -2.29. The van der Waals surface area contributed by atoms with E-state index in [1.54, 1.807) is 23.1 Å². The van der Waals surface area contributed by atoms with Crippen molar-refractivity contribution in [3.05, 3.63) is 88.6 Å². The number of carbonyl (C=O) groups is 1. The highest BCUT2D eigenvalue weighted by Crippen LogP contribution is 2.26. The standard InChI is InChI=1S/C20H19NOS2/c22-19(13-15-23-17-10-5-2-6-11-17)21-20(18-12-7-14-24-18)16-8-3-1-4-9-16/h1-12,14,20H,13,15H2,(H,21,22). The summed E-state index contributed by atoms with van der Waals surface area (Å²) in [6, 6.07) is 24.3. The highest BCUT2D eigenvalue weighted by atomic mass is 32.2. The van der Waals surface area contributed by atoms with Crippen LogP contribution in [-0.2, 0) is 4.79 Å². The molecule has 24 heavy (non-hydrogen) atoms. The maximum Gasteiger partial charge on any atom is 0.221 e. The third-order valence-electron chi connectivity index (χ3n) is 3.61. The molecule has 4 heteroatoms. The third-order valence-corrected chi connectivity index (χ3v) is 5.56. The summed E-state index contributed by atoms with van der Waals surface area (Å²) in [5.74, 6) is 0.864. The van der Waals surface area contributed by atoms with Crippen LogP contribution in [0.2, 0.25) is 0 Å². The lowest BCUT2D eigenvalue weighted by molar-refractivity contribution is -0.121. The van der Waals surface area contributed by atoms with E-state index in [-0.39, 0.29) is 11.9 Å². The minimum Gasteiger partial charge on any atom is -0.344 e. The average molecular weight is 354 g/mol. The Kier molecular flexibility index (Phi) is 6.10. The SMILES string of the molecule is O=C(CCSc1ccccc1)NC(c1ccccc1)c1cccs1. The van der Waals surface area contributed by atoms with Gasteiger partial charge in [0.25, 0.3) is 0 Å². The Labute approximate surface area is 150 Å². The van der Waals surface area contributed by atoms with Gasteiger partial charge in [0, 0.05) is 21.9 Å². The van der Waals surface area contributed by atoms with Crippen molar-refractivity contribution in [2.24, 2.45) is 0 Å². The summed E-state index contributed by atoms with van der Waals surface area (Å²) in [6.45, 7) is 0. The Morgan fingerprint density at radius 1 is 0.958 bits per heavy atom. The molecule has 0 saturated heterocycles. The molecule has 0 aliphatic heterocycles. The van der Waals surface area contributed by atoms with Gasteiger partial charge in [0.2, 0.25) is 5.91 Å². The van der Waals surface area contributed by atoms with Gasteiger partial charge in [-0.15, -0.1) is 23.1 Å². The largest absolute Gasteiger partial charge is 0.344 e. The van der Waals surface area contributed by atoms with Gasteiger partial charge in [-0.3, -0.25) is 4.79 Å². The quantitative estimate of drug-likeness (QED) is 0.596. The molecular formula is C20H19NOS2. The smallest absolute Gasteiger partial charge is 0.221 e. The Hall–Kier alpha value is -2.04. The molecule has 1 heterocycles. The maximum atomic E-state index is 12.4. The Morgan fingerprint density at radius 3 is 2.33 bits per heavy atom. The molecule has 0 saturated carbocycles. The summed E-state index contributed by atoms with van der Waals surface area (Å²) in [5.41, 5.74) is 1.11. The van der Waals surface area contributed by atoms with Gasteiger partial charge >= 0.3 is 0 Å². The van der Waals surface area contributed by atoms with E-state index in [9.17, 15) is 4.79 Å². The molecule has 0 aliphatic rings. The second-order valence-corrected chi connectivity index (χ2v) is 7.49. The van der Waals surface area contributed by atoms with E-state index in [1.807, 2.05) is 47.8 Å². The minimum atomic E-state index is -0.0691. The number of carbonyl (C=O) groups excluding carboxylic acids is 1. The average Bonchev–Trinajstić information content (AvgIpc) is 3.16. The maximum absolute atomic E-state index is 12.4. The molecule has 0 bridgehead atoms. The van der Waals surface area contributed by atoms with E-state index >= 15 is 0 Å². The molecule has 1 aromatic heterocycles. The van der Waals surface area contributed by atoms with Crippen molar-refractivity contribution in [3.63, 3.8) is 0 Å². The summed E-state index contributed by atoms with van der Waals surface area (Å²) in [4.78, 5) is 14.7. The molecule has 1 atom stereocenters. The van der Waals surface area contributed by atoms with Crippen molar-refractivity contribution in [2.75, 3.05) is 5.75 Å². The first-order valence-corrected chi connectivity index (χ1v) is 9.75. The monoisotopic (exact) mass is 353 g/mol. The summed E-state index contributed by atoms with van der Waals surface area (Å²) in [7, 11) is 0. The van der Waals surface area contributed by atoms with Gasteiger partial charge < -0.3 is 5.32 Å². The number of hydrogen-bond donors (Lipinski definition) is 1. The predicted octanol–water partition coefficient (Wildman–Crippen LogP) is 5.14. The van der Waals surface area contributed by atoms with E-state index in [1.165, 1.54) is 4.90 Å². The zero-order valence-electron chi connectivity index (χ0n) is 13.2. The minimum absolute atomic E-state index is 0.0691. The van der Waals surface area contributed by atoms with Crippen LogP contribution in [0.15, 0.2) is 83.1 Å². The van der Waals surface area contributed by atoms with Gasteiger partial charge in [0.1, 0.15) is 0 Å². The number of rotatable bonds is 7. The van der Waals surface area contributed by atoms with Crippen LogP contribution in [0.3, 0.4) is 0 Å². The van der Waals surface area contributed by atoms with E-state index in [0.29, 0.717) is 6.42 Å². The Balaban J connectivity index is 1.59. The fourth-order valence-electron chi connectivity index (χ4n) is 2.43. The summed E-state index contributed by atoms with van der Waals surface area (Å²) in [6.07, 6.45) is 0.508. The first-order valence-electron chi connectivity index (χ1n) is 7.88. The molecule has 122 valence electrons. The van der Waals surface area contributed by atoms with Gasteiger partial charge in [-0.05, 0) is 29.1 Å². The lowest BCUT2D eigenvalue weighted by atomic mass is 10.1. The molecular weight excluding hydrogens is 334 g/mol. The van der Waals surface area contributed by atoms with Gasteiger partial charge in [-0.25, -0.2) is 0 Å². The van der Waals surface area contributed by atoms with Gasteiger partial charge in [-0.2, -0.15) is 0 Å². The molecule has 3 rings (SSSR count). The van der Waals surface area contributed by atoms with Crippen LogP contribution in [0.4, 0.5) is 0 Å². The summed E-state index contributed by atoms with van der Waals surface area (Å²) in [5, 5.41) is 5.22. The number of amides is 1. The molecule has 2 nitrogen and oxygen atoms in total. The second kappa shape index (κ2) is 8.71. The van der Waals surface area contributed by atoms with Gasteiger partial charge in [0.05, 0.1) is 6.04 Å². The van der Waals surface area contributed by atoms with Crippen molar-refractivity contribution in [2.45, 2.75) is 17.4 Å². The predicted molar refractivity (Wildman–Crippen MR) is 103 cm³/mol. The van der Waals surface area contributed by atoms with E-state index in [0.717, 1.165) is 16.2 Å². The molecule has 0 aliphatic carbocycles. The van der Waals surface area contributed by atoms with Crippen LogP contribution in [0.1, 0.15) is 22.9 Å². The third kappa shape index (κ3) is 4.73. The Bertz CT molecular complexity index is 742. The van der Waals surface area contributed by atoms with Crippen LogP contribution in [0.25, 0.3) is 0 Å². The molecule has 2 aromatic carbocycles. The highest BCUT2D eigenvalue weighted by Gasteiger charge is 2.17. The number of thioether (sulfide) groups is 1. The fourth-order valence-corrected chi connectivity index (χ4v) is 4.11. The number of benzene rings is 2. The number of nitrogens with one attached hydrogen (secondary N) is 1. The van der Waals surface area contributed by atoms with Crippen molar-refractivity contribution in [3.8, 4) is 0 Å². The topological polar surface area (TPSA) is 29.1 Å². The van der Waals surface area contributed by atoms with Crippen molar-refractivity contribution < 1.29 is 4.79 Å². The molecule has 0 spiro atoms. The molecule has 1 amide bonds. The number of thiophene rings is 1. The van der Waals surface area contributed by atoms with E-state index in [2.05, 4.69) is 35.6 Å². The summed E-state index contributed by atoms with van der Waals surface area (Å²) >= 11 is 3.38.